The molecule has 0 bridgehead atoms. The van der Waals surface area contributed by atoms with Gasteiger partial charge < -0.3 is 5.11 Å². The van der Waals surface area contributed by atoms with Crippen LogP contribution in [0.5, 0.6) is 0 Å². The number of hydrogen-bond acceptors (Lipinski definition) is 1. The minimum atomic E-state index is -0.235. The maximum Gasteiger partial charge on any atom is 0.0826 e. The van der Waals surface area contributed by atoms with Gasteiger partial charge in [-0.15, -0.1) is 0 Å². The summed E-state index contributed by atoms with van der Waals surface area (Å²) in [5.41, 5.74) is 2.49. The van der Waals surface area contributed by atoms with E-state index in [1.54, 1.807) is 0 Å². The van der Waals surface area contributed by atoms with Crippen LogP contribution < -0.4 is 0 Å². The summed E-state index contributed by atoms with van der Waals surface area (Å²) < 4.78 is 0. The molecule has 0 radical (unpaired) electrons. The molecule has 76 valence electrons. The molecular formula is C13H18O. The van der Waals surface area contributed by atoms with E-state index in [9.17, 15) is 5.11 Å². The smallest absolute Gasteiger partial charge is 0.0826 e. The zero-order valence-electron chi connectivity index (χ0n) is 8.90. The number of aliphatic hydroxyl groups excluding tert-OH is 1. The molecule has 0 saturated carbocycles. The van der Waals surface area contributed by atoms with E-state index in [1.807, 2.05) is 6.07 Å². The first-order valence-electron chi connectivity index (χ1n) is 5.50. The molecule has 0 aliphatic heterocycles. The summed E-state index contributed by atoms with van der Waals surface area (Å²) in [6.07, 6.45) is 1.96. The summed E-state index contributed by atoms with van der Waals surface area (Å²) in [5.74, 6) is 1.04. The highest BCUT2D eigenvalue weighted by Gasteiger charge is 2.33. The van der Waals surface area contributed by atoms with Crippen LogP contribution in [-0.4, -0.2) is 5.11 Å². The van der Waals surface area contributed by atoms with Crippen molar-refractivity contribution < 1.29 is 5.11 Å². The third kappa shape index (κ3) is 1.46. The summed E-state index contributed by atoms with van der Waals surface area (Å²) in [4.78, 5) is 0. The average Bonchev–Trinajstić information content (AvgIpc) is 2.56. The molecule has 0 fully saturated rings. The monoisotopic (exact) mass is 190 g/mol. The van der Waals surface area contributed by atoms with Gasteiger partial charge in [0, 0.05) is 0 Å². The molecule has 0 heterocycles. The molecule has 3 atom stereocenters. The van der Waals surface area contributed by atoms with E-state index in [4.69, 9.17) is 0 Å². The maximum atomic E-state index is 10.1. The second kappa shape index (κ2) is 3.74. The Hall–Kier alpha value is -0.820. The first-order chi connectivity index (χ1) is 6.74. The average molecular weight is 190 g/mol. The lowest BCUT2D eigenvalue weighted by molar-refractivity contribution is 0.0904. The van der Waals surface area contributed by atoms with Crippen LogP contribution in [0.3, 0.4) is 0 Å². The van der Waals surface area contributed by atoms with Gasteiger partial charge >= 0.3 is 0 Å². The minimum Gasteiger partial charge on any atom is -0.388 e. The second-order valence-corrected chi connectivity index (χ2v) is 4.40. The van der Waals surface area contributed by atoms with Crippen LogP contribution in [0.1, 0.15) is 37.5 Å². The molecule has 1 aliphatic rings. The van der Waals surface area contributed by atoms with Gasteiger partial charge in [0.2, 0.25) is 0 Å². The Kier molecular flexibility index (Phi) is 2.60. The van der Waals surface area contributed by atoms with Crippen LogP contribution in [0, 0.1) is 11.8 Å². The Labute approximate surface area is 85.8 Å². The molecule has 1 aromatic carbocycles. The first kappa shape index (κ1) is 9.72. The van der Waals surface area contributed by atoms with E-state index >= 15 is 0 Å². The van der Waals surface area contributed by atoms with Crippen molar-refractivity contribution in [2.24, 2.45) is 11.8 Å². The number of benzene rings is 1. The molecule has 0 saturated heterocycles. The molecule has 3 unspecified atom stereocenters. The number of hydrogen-bond donors (Lipinski definition) is 1. The van der Waals surface area contributed by atoms with E-state index in [-0.39, 0.29) is 6.10 Å². The van der Waals surface area contributed by atoms with Gasteiger partial charge in [0.15, 0.2) is 0 Å². The van der Waals surface area contributed by atoms with Crippen LogP contribution in [0.4, 0.5) is 0 Å². The van der Waals surface area contributed by atoms with Crippen molar-refractivity contribution in [3.8, 4) is 0 Å². The predicted molar refractivity (Wildman–Crippen MR) is 58.1 cm³/mol. The van der Waals surface area contributed by atoms with E-state index in [0.717, 1.165) is 18.4 Å². The Morgan fingerprint density at radius 3 is 2.79 bits per heavy atom. The minimum absolute atomic E-state index is 0.235. The highest BCUT2D eigenvalue weighted by Crippen LogP contribution is 2.40. The highest BCUT2D eigenvalue weighted by atomic mass is 16.3. The Bertz CT molecular complexity index is 319. The quantitative estimate of drug-likeness (QED) is 0.760. The summed E-state index contributed by atoms with van der Waals surface area (Å²) in [6, 6.07) is 8.27. The lowest BCUT2D eigenvalue weighted by Crippen LogP contribution is -2.15. The summed E-state index contributed by atoms with van der Waals surface area (Å²) in [6.45, 7) is 4.43. The molecule has 0 aromatic heterocycles. The molecule has 1 aromatic rings. The van der Waals surface area contributed by atoms with Crippen molar-refractivity contribution >= 4 is 0 Å². The fourth-order valence-electron chi connectivity index (χ4n) is 2.42. The fraction of sp³-hybridized carbons (Fsp3) is 0.538. The zero-order chi connectivity index (χ0) is 10.1. The van der Waals surface area contributed by atoms with Crippen molar-refractivity contribution in [3.63, 3.8) is 0 Å². The topological polar surface area (TPSA) is 20.2 Å². The van der Waals surface area contributed by atoms with Gasteiger partial charge in [0.05, 0.1) is 6.10 Å². The summed E-state index contributed by atoms with van der Waals surface area (Å²) >= 11 is 0. The fourth-order valence-corrected chi connectivity index (χ4v) is 2.42. The van der Waals surface area contributed by atoms with Crippen molar-refractivity contribution in [1.82, 2.24) is 0 Å². The third-order valence-electron chi connectivity index (χ3n) is 3.61. The lowest BCUT2D eigenvalue weighted by atomic mass is 9.88. The molecule has 1 N–H and O–H groups in total. The van der Waals surface area contributed by atoms with E-state index in [2.05, 4.69) is 32.0 Å². The Morgan fingerprint density at radius 2 is 2.14 bits per heavy atom. The van der Waals surface area contributed by atoms with Gasteiger partial charge in [0.1, 0.15) is 0 Å². The molecule has 1 nitrogen and oxygen atoms in total. The standard InChI is InChI=1S/C13H18O/c1-3-9(2)12-8-10-6-4-5-7-11(10)13(12)14/h4-7,9,12-14H,3,8H2,1-2H3. The van der Waals surface area contributed by atoms with Gasteiger partial charge in [0.25, 0.3) is 0 Å². The van der Waals surface area contributed by atoms with Crippen LogP contribution in [0.2, 0.25) is 0 Å². The SMILES string of the molecule is CCC(C)C1Cc2ccccc2C1O. The van der Waals surface area contributed by atoms with Gasteiger partial charge in [-0.1, -0.05) is 44.5 Å². The maximum absolute atomic E-state index is 10.1. The van der Waals surface area contributed by atoms with Crippen molar-refractivity contribution in [2.45, 2.75) is 32.8 Å². The lowest BCUT2D eigenvalue weighted by Gasteiger charge is -2.21. The predicted octanol–water partition coefficient (Wildman–Crippen LogP) is 2.94. The normalized spacial score (nSPS) is 27.4. The van der Waals surface area contributed by atoms with Gasteiger partial charge in [-0.3, -0.25) is 0 Å². The molecule has 0 amide bonds. The first-order valence-corrected chi connectivity index (χ1v) is 5.50. The van der Waals surface area contributed by atoms with E-state index in [1.165, 1.54) is 5.56 Å². The number of fused-ring (bicyclic) bond motifs is 1. The van der Waals surface area contributed by atoms with E-state index in [0.29, 0.717) is 11.8 Å². The van der Waals surface area contributed by atoms with Crippen LogP contribution in [0.15, 0.2) is 24.3 Å². The van der Waals surface area contributed by atoms with Crippen molar-refractivity contribution in [2.75, 3.05) is 0 Å². The summed E-state index contributed by atoms with van der Waals surface area (Å²) in [5, 5.41) is 10.1. The zero-order valence-corrected chi connectivity index (χ0v) is 8.90. The van der Waals surface area contributed by atoms with Crippen LogP contribution in [-0.2, 0) is 6.42 Å². The van der Waals surface area contributed by atoms with Crippen LogP contribution >= 0.6 is 0 Å². The third-order valence-corrected chi connectivity index (χ3v) is 3.61. The van der Waals surface area contributed by atoms with E-state index < -0.39 is 0 Å². The molecule has 0 spiro atoms. The molecule has 1 aliphatic carbocycles. The van der Waals surface area contributed by atoms with Gasteiger partial charge in [-0.25, -0.2) is 0 Å². The van der Waals surface area contributed by atoms with Gasteiger partial charge in [-0.05, 0) is 29.4 Å². The second-order valence-electron chi connectivity index (χ2n) is 4.40. The van der Waals surface area contributed by atoms with Gasteiger partial charge in [-0.2, -0.15) is 0 Å². The molecular weight excluding hydrogens is 172 g/mol. The molecule has 14 heavy (non-hydrogen) atoms. The Balaban J connectivity index is 2.25. The van der Waals surface area contributed by atoms with Crippen molar-refractivity contribution in [1.29, 1.82) is 0 Å². The largest absolute Gasteiger partial charge is 0.388 e. The summed E-state index contributed by atoms with van der Waals surface area (Å²) in [7, 11) is 0. The van der Waals surface area contributed by atoms with Crippen molar-refractivity contribution in [3.05, 3.63) is 35.4 Å². The van der Waals surface area contributed by atoms with Crippen LogP contribution in [0.25, 0.3) is 0 Å². The highest BCUT2D eigenvalue weighted by molar-refractivity contribution is 5.34. The number of rotatable bonds is 2. The Morgan fingerprint density at radius 1 is 1.43 bits per heavy atom. The molecule has 2 rings (SSSR count). The number of aliphatic hydroxyl groups is 1. The molecule has 1 heteroatoms.